The van der Waals surface area contributed by atoms with Crippen molar-refractivity contribution in [2.75, 3.05) is 11.9 Å². The zero-order valence-corrected chi connectivity index (χ0v) is 12.8. The first-order valence-electron chi connectivity index (χ1n) is 7.32. The number of carbonyl (C=O) groups is 1. The molecule has 22 heavy (non-hydrogen) atoms. The molecule has 0 atom stereocenters. The molecule has 1 aromatic heterocycles. The third kappa shape index (κ3) is 4.18. The average molecular weight is 317 g/mol. The Labute approximate surface area is 134 Å². The normalized spacial score (nSPS) is 13.7. The molecule has 0 unspecified atom stereocenters. The maximum Gasteiger partial charge on any atom is 0.254 e. The Hall–Kier alpha value is -2.14. The van der Waals surface area contributed by atoms with Crippen LogP contribution in [0.25, 0.3) is 0 Å². The van der Waals surface area contributed by atoms with Crippen LogP contribution in [0.5, 0.6) is 0 Å². The van der Waals surface area contributed by atoms with Crippen LogP contribution in [0.1, 0.15) is 28.8 Å². The van der Waals surface area contributed by atoms with Crippen molar-refractivity contribution in [3.05, 3.63) is 52.8 Å². The summed E-state index contributed by atoms with van der Waals surface area (Å²) in [6.07, 6.45) is 6.09. The third-order valence-electron chi connectivity index (χ3n) is 3.44. The molecule has 1 fully saturated rings. The zero-order chi connectivity index (χ0) is 15.4. The second-order valence-electron chi connectivity index (χ2n) is 5.35. The molecule has 1 heterocycles. The highest BCUT2D eigenvalue weighted by atomic mass is 35.5. The summed E-state index contributed by atoms with van der Waals surface area (Å²) >= 11 is 5.85. The number of anilines is 1. The summed E-state index contributed by atoms with van der Waals surface area (Å²) in [6, 6.07) is 8.08. The van der Waals surface area contributed by atoms with Gasteiger partial charge >= 0.3 is 0 Å². The monoisotopic (exact) mass is 316 g/mol. The van der Waals surface area contributed by atoms with E-state index < -0.39 is 0 Å². The van der Waals surface area contributed by atoms with Crippen molar-refractivity contribution < 1.29 is 4.79 Å². The van der Waals surface area contributed by atoms with Gasteiger partial charge in [-0.1, -0.05) is 23.7 Å². The molecule has 2 aromatic rings. The minimum Gasteiger partial charge on any atom is -0.354 e. The van der Waals surface area contributed by atoms with Crippen LogP contribution in [-0.4, -0.2) is 28.5 Å². The number of nitrogens with one attached hydrogen (secondary N) is 2. The van der Waals surface area contributed by atoms with E-state index in [2.05, 4.69) is 20.6 Å². The lowest BCUT2D eigenvalue weighted by molar-refractivity contribution is 0.0950. The van der Waals surface area contributed by atoms with Gasteiger partial charge in [-0.15, -0.1) is 0 Å². The van der Waals surface area contributed by atoms with Crippen LogP contribution < -0.4 is 10.6 Å². The van der Waals surface area contributed by atoms with E-state index >= 15 is 0 Å². The molecule has 1 saturated carbocycles. The second kappa shape index (κ2) is 6.75. The molecule has 0 aliphatic heterocycles. The lowest BCUT2D eigenvalue weighted by Crippen LogP contribution is -2.25. The van der Waals surface area contributed by atoms with Gasteiger partial charge < -0.3 is 10.6 Å². The molecule has 1 aromatic carbocycles. The van der Waals surface area contributed by atoms with Crippen molar-refractivity contribution in [3.63, 3.8) is 0 Å². The average Bonchev–Trinajstić information content (AvgIpc) is 3.34. The number of aromatic nitrogens is 2. The standard InChI is InChI=1S/C16H17ClN4O/c17-13-3-1-11(2-4-13)7-8-18-16-19-9-12(10-20-16)15(22)21-14-5-6-14/h1-4,9-10,14H,5-8H2,(H,21,22)(H,18,19,20). The van der Waals surface area contributed by atoms with Crippen molar-refractivity contribution >= 4 is 23.5 Å². The number of halogens is 1. The van der Waals surface area contributed by atoms with E-state index in [4.69, 9.17) is 11.6 Å². The van der Waals surface area contributed by atoms with E-state index in [1.807, 2.05) is 24.3 Å². The minimum absolute atomic E-state index is 0.102. The number of carbonyl (C=O) groups excluding carboxylic acids is 1. The fourth-order valence-electron chi connectivity index (χ4n) is 2.00. The number of amides is 1. The zero-order valence-electron chi connectivity index (χ0n) is 12.1. The SMILES string of the molecule is O=C(NC1CC1)c1cnc(NCCc2ccc(Cl)cc2)nc1. The predicted molar refractivity (Wildman–Crippen MR) is 86.2 cm³/mol. The molecular formula is C16H17ClN4O. The van der Waals surface area contributed by atoms with Crippen LogP contribution >= 0.6 is 11.6 Å². The van der Waals surface area contributed by atoms with Crippen LogP contribution in [-0.2, 0) is 6.42 Å². The van der Waals surface area contributed by atoms with Crippen molar-refractivity contribution in [3.8, 4) is 0 Å². The molecule has 1 aliphatic carbocycles. The van der Waals surface area contributed by atoms with Gasteiger partial charge in [0.05, 0.1) is 5.56 Å². The first kappa shape index (κ1) is 14.8. The molecule has 114 valence electrons. The first-order valence-corrected chi connectivity index (χ1v) is 7.70. The summed E-state index contributed by atoms with van der Waals surface area (Å²) in [6.45, 7) is 0.718. The summed E-state index contributed by atoms with van der Waals surface area (Å²) in [7, 11) is 0. The predicted octanol–water partition coefficient (Wildman–Crippen LogP) is 2.68. The molecule has 2 N–H and O–H groups in total. The maximum atomic E-state index is 11.8. The van der Waals surface area contributed by atoms with Crippen LogP contribution in [0.3, 0.4) is 0 Å². The van der Waals surface area contributed by atoms with Crippen LogP contribution in [0, 0.1) is 0 Å². The van der Waals surface area contributed by atoms with Crippen LogP contribution in [0.4, 0.5) is 5.95 Å². The van der Waals surface area contributed by atoms with Crippen LogP contribution in [0.15, 0.2) is 36.7 Å². The van der Waals surface area contributed by atoms with Gasteiger partial charge in [-0.05, 0) is 37.0 Å². The molecule has 1 amide bonds. The number of nitrogens with zero attached hydrogens (tertiary/aromatic N) is 2. The summed E-state index contributed by atoms with van der Waals surface area (Å²) in [5, 5.41) is 6.78. The largest absolute Gasteiger partial charge is 0.354 e. The summed E-state index contributed by atoms with van der Waals surface area (Å²) in [5.41, 5.74) is 1.69. The highest BCUT2D eigenvalue weighted by molar-refractivity contribution is 6.30. The van der Waals surface area contributed by atoms with E-state index in [0.29, 0.717) is 17.6 Å². The number of rotatable bonds is 6. The van der Waals surface area contributed by atoms with Crippen molar-refractivity contribution in [1.29, 1.82) is 0 Å². The fraction of sp³-hybridized carbons (Fsp3) is 0.312. The maximum absolute atomic E-state index is 11.8. The highest BCUT2D eigenvalue weighted by Crippen LogP contribution is 2.19. The van der Waals surface area contributed by atoms with Gasteiger partial charge in [0.25, 0.3) is 5.91 Å². The van der Waals surface area contributed by atoms with E-state index in [1.165, 1.54) is 5.56 Å². The van der Waals surface area contributed by atoms with E-state index in [1.54, 1.807) is 12.4 Å². The number of hydrogen-bond acceptors (Lipinski definition) is 4. The van der Waals surface area contributed by atoms with Crippen molar-refractivity contribution in [2.24, 2.45) is 0 Å². The van der Waals surface area contributed by atoms with Crippen LogP contribution in [0.2, 0.25) is 5.02 Å². The highest BCUT2D eigenvalue weighted by Gasteiger charge is 2.23. The van der Waals surface area contributed by atoms with Gasteiger partial charge in [-0.25, -0.2) is 9.97 Å². The van der Waals surface area contributed by atoms with Gasteiger partial charge in [-0.2, -0.15) is 0 Å². The summed E-state index contributed by atoms with van der Waals surface area (Å²) in [5.74, 6) is 0.423. The lowest BCUT2D eigenvalue weighted by Gasteiger charge is -2.06. The fourth-order valence-corrected chi connectivity index (χ4v) is 2.13. The third-order valence-corrected chi connectivity index (χ3v) is 3.69. The first-order chi connectivity index (χ1) is 10.7. The molecular weight excluding hydrogens is 300 g/mol. The molecule has 0 bridgehead atoms. The van der Waals surface area contributed by atoms with Gasteiger partial charge in [0.15, 0.2) is 0 Å². The van der Waals surface area contributed by atoms with Gasteiger partial charge in [0, 0.05) is 30.0 Å². The Morgan fingerprint density at radius 1 is 1.18 bits per heavy atom. The molecule has 6 heteroatoms. The number of hydrogen-bond donors (Lipinski definition) is 2. The molecule has 5 nitrogen and oxygen atoms in total. The van der Waals surface area contributed by atoms with Gasteiger partial charge in [0.2, 0.25) is 5.95 Å². The van der Waals surface area contributed by atoms with E-state index in [9.17, 15) is 4.79 Å². The second-order valence-corrected chi connectivity index (χ2v) is 5.78. The molecule has 1 aliphatic rings. The van der Waals surface area contributed by atoms with Gasteiger partial charge in [-0.3, -0.25) is 4.79 Å². The quantitative estimate of drug-likeness (QED) is 0.860. The Balaban J connectivity index is 1.48. The molecule has 3 rings (SSSR count). The smallest absolute Gasteiger partial charge is 0.254 e. The Kier molecular flexibility index (Phi) is 4.53. The van der Waals surface area contributed by atoms with Crippen molar-refractivity contribution in [2.45, 2.75) is 25.3 Å². The molecule has 0 spiro atoms. The summed E-state index contributed by atoms with van der Waals surface area (Å²) in [4.78, 5) is 20.1. The molecule has 0 radical (unpaired) electrons. The molecule has 0 saturated heterocycles. The lowest BCUT2D eigenvalue weighted by atomic mass is 10.1. The number of benzene rings is 1. The topological polar surface area (TPSA) is 66.9 Å². The van der Waals surface area contributed by atoms with Gasteiger partial charge in [0.1, 0.15) is 0 Å². The minimum atomic E-state index is -0.102. The van der Waals surface area contributed by atoms with E-state index in [0.717, 1.165) is 30.8 Å². The summed E-state index contributed by atoms with van der Waals surface area (Å²) < 4.78 is 0. The Morgan fingerprint density at radius 3 is 2.50 bits per heavy atom. The van der Waals surface area contributed by atoms with E-state index in [-0.39, 0.29) is 5.91 Å². The Bertz CT molecular complexity index is 638. The van der Waals surface area contributed by atoms with Crippen molar-refractivity contribution in [1.82, 2.24) is 15.3 Å². The Morgan fingerprint density at radius 2 is 1.86 bits per heavy atom.